The first kappa shape index (κ1) is 27.9. The van der Waals surface area contributed by atoms with Crippen LogP contribution in [-0.2, 0) is 9.84 Å². The van der Waals surface area contributed by atoms with Crippen molar-refractivity contribution in [3.63, 3.8) is 0 Å². The van der Waals surface area contributed by atoms with Crippen LogP contribution in [0, 0.1) is 0 Å². The number of rotatable bonds is 11. The summed E-state index contributed by atoms with van der Waals surface area (Å²) in [5, 5.41) is 4.72. The van der Waals surface area contributed by atoms with Crippen LogP contribution in [-0.4, -0.2) is 14.2 Å². The lowest BCUT2D eigenvalue weighted by Gasteiger charge is -2.06. The highest BCUT2D eigenvalue weighted by Gasteiger charge is 2.25. The van der Waals surface area contributed by atoms with Gasteiger partial charge in [-0.3, -0.25) is 0 Å². The Morgan fingerprint density at radius 3 is 1.80 bits per heavy atom. The van der Waals surface area contributed by atoms with E-state index in [2.05, 4.69) is 91.9 Å². The molecule has 2 aromatic heterocycles. The summed E-state index contributed by atoms with van der Waals surface area (Å²) in [6.45, 7) is 2.20. The molecule has 6 rings (SSSR count). The van der Waals surface area contributed by atoms with Crippen molar-refractivity contribution in [3.8, 4) is 30.6 Å². The van der Waals surface area contributed by atoms with E-state index in [1.54, 1.807) is 22.7 Å². The van der Waals surface area contributed by atoms with Crippen molar-refractivity contribution in [1.82, 2.24) is 0 Å². The molecule has 0 aliphatic carbocycles. The van der Waals surface area contributed by atoms with Gasteiger partial charge in [0.25, 0.3) is 0 Å². The number of fused-ring (bicyclic) bond motifs is 2. The largest absolute Gasteiger partial charge is 0.224 e. The fourth-order valence-electron chi connectivity index (χ4n) is 5.58. The Morgan fingerprint density at radius 1 is 0.561 bits per heavy atom. The predicted octanol–water partition coefficient (Wildman–Crippen LogP) is 11.3. The molecule has 6 aromatic rings. The fraction of sp³-hybridized carbons (Fsp3) is 0.222. The van der Waals surface area contributed by atoms with Crippen molar-refractivity contribution in [3.05, 3.63) is 103 Å². The molecule has 0 N–H and O–H groups in total. The smallest absolute Gasteiger partial charge is 0.179 e. The quantitative estimate of drug-likeness (QED) is 0.140. The molecule has 4 aromatic carbocycles. The zero-order chi connectivity index (χ0) is 28.2. The van der Waals surface area contributed by atoms with Crippen molar-refractivity contribution in [2.45, 2.75) is 50.3 Å². The van der Waals surface area contributed by atoms with Gasteiger partial charge in [-0.15, -0.1) is 22.7 Å². The minimum absolute atomic E-state index is 0.194. The third kappa shape index (κ3) is 5.90. The zero-order valence-corrected chi connectivity index (χ0v) is 25.8. The average molecular weight is 595 g/mol. The molecular weight excluding hydrogens is 561 g/mol. The van der Waals surface area contributed by atoms with Crippen molar-refractivity contribution in [1.29, 1.82) is 0 Å². The number of unbranched alkanes of at least 4 members (excludes halogenated alkanes) is 5. The number of hydrogen-bond donors (Lipinski definition) is 0. The molecule has 41 heavy (non-hydrogen) atoms. The molecule has 2 nitrogen and oxygen atoms in total. The summed E-state index contributed by atoms with van der Waals surface area (Å²) in [7, 11) is -3.45. The van der Waals surface area contributed by atoms with Crippen molar-refractivity contribution >= 4 is 54.1 Å². The van der Waals surface area contributed by atoms with E-state index in [9.17, 15) is 8.42 Å². The monoisotopic (exact) mass is 594 g/mol. The van der Waals surface area contributed by atoms with Gasteiger partial charge >= 0.3 is 0 Å². The van der Waals surface area contributed by atoms with Crippen LogP contribution < -0.4 is 0 Å². The van der Waals surface area contributed by atoms with Crippen molar-refractivity contribution in [2.24, 2.45) is 0 Å². The molecule has 0 saturated heterocycles. The maximum Gasteiger partial charge on any atom is 0.179 e. The van der Waals surface area contributed by atoms with Crippen molar-refractivity contribution < 1.29 is 8.42 Å². The first-order valence-corrected chi connectivity index (χ1v) is 17.8. The Balaban J connectivity index is 1.41. The fourth-order valence-corrected chi connectivity index (χ4v) is 9.98. The van der Waals surface area contributed by atoms with Crippen LogP contribution in [0.2, 0.25) is 0 Å². The topological polar surface area (TPSA) is 34.1 Å². The lowest BCUT2D eigenvalue weighted by molar-refractivity contribution is 0.584. The molecule has 0 bridgehead atoms. The van der Waals surface area contributed by atoms with Gasteiger partial charge in [0.1, 0.15) is 0 Å². The Bertz CT molecular complexity index is 1900. The second-order valence-corrected chi connectivity index (χ2v) is 14.8. The Hall–Kier alpha value is -3.25. The highest BCUT2D eigenvalue weighted by molar-refractivity contribution is 7.91. The lowest BCUT2D eigenvalue weighted by atomic mass is 10.0. The van der Waals surface area contributed by atoms with Gasteiger partial charge in [0.05, 0.1) is 15.5 Å². The van der Waals surface area contributed by atoms with Gasteiger partial charge in [-0.05, 0) is 57.3 Å². The minimum atomic E-state index is -3.45. The molecule has 0 aliphatic heterocycles. The molecule has 0 unspecified atom stereocenters. The van der Waals surface area contributed by atoms with E-state index in [1.165, 1.54) is 35.6 Å². The number of hydrogen-bond acceptors (Lipinski definition) is 4. The molecule has 208 valence electrons. The number of thiophene rings is 2. The molecule has 0 saturated carbocycles. The average Bonchev–Trinajstić information content (AvgIpc) is 3.67. The maximum atomic E-state index is 13.9. The van der Waals surface area contributed by atoms with Gasteiger partial charge in [-0.25, -0.2) is 8.42 Å². The minimum Gasteiger partial charge on any atom is -0.224 e. The van der Waals surface area contributed by atoms with E-state index in [0.29, 0.717) is 11.3 Å². The lowest BCUT2D eigenvalue weighted by Crippen LogP contribution is -2.06. The third-order valence-corrected chi connectivity index (χ3v) is 12.2. The van der Waals surface area contributed by atoms with Crippen LogP contribution in [0.3, 0.4) is 0 Å². The first-order chi connectivity index (χ1) is 20.0. The van der Waals surface area contributed by atoms with Gasteiger partial charge in [0.2, 0.25) is 0 Å². The molecule has 0 fully saturated rings. The molecule has 0 radical (unpaired) electrons. The third-order valence-electron chi connectivity index (χ3n) is 7.74. The standard InChI is InChI=1S/C36H34O2S3/c1-2-3-4-5-6-11-24-41(37,38)35-25-34(31-21-13-17-27-15-8-10-19-29(27)31)40-36(35)33-23-22-32(39-33)30-20-12-16-26-14-7-9-18-28(26)30/h7-10,12-23,25H,2-6,11,24H2,1H3. The Morgan fingerprint density at radius 2 is 1.12 bits per heavy atom. The summed E-state index contributed by atoms with van der Waals surface area (Å²) in [5.74, 6) is 0.194. The van der Waals surface area contributed by atoms with E-state index in [-0.39, 0.29) is 5.75 Å². The van der Waals surface area contributed by atoms with E-state index in [0.717, 1.165) is 48.7 Å². The Kier molecular flexibility index (Phi) is 8.38. The summed E-state index contributed by atoms with van der Waals surface area (Å²) in [5.41, 5.74) is 2.27. The molecular formula is C36H34O2S3. The molecule has 0 amide bonds. The number of sulfone groups is 1. The highest BCUT2D eigenvalue weighted by atomic mass is 32.2. The van der Waals surface area contributed by atoms with E-state index >= 15 is 0 Å². The van der Waals surface area contributed by atoms with Crippen LogP contribution in [0.5, 0.6) is 0 Å². The van der Waals surface area contributed by atoms with E-state index < -0.39 is 9.84 Å². The van der Waals surface area contributed by atoms with Gasteiger partial charge < -0.3 is 0 Å². The van der Waals surface area contributed by atoms with E-state index in [4.69, 9.17) is 0 Å². The first-order valence-electron chi connectivity index (χ1n) is 14.5. The summed E-state index contributed by atoms with van der Waals surface area (Å²) in [6, 6.07) is 35.6. The van der Waals surface area contributed by atoms with Gasteiger partial charge in [-0.2, -0.15) is 0 Å². The number of benzene rings is 4. The summed E-state index contributed by atoms with van der Waals surface area (Å²) < 4.78 is 27.8. The van der Waals surface area contributed by atoms with Gasteiger partial charge in [-0.1, -0.05) is 124 Å². The van der Waals surface area contributed by atoms with Crippen LogP contribution in [0.4, 0.5) is 0 Å². The SMILES string of the molecule is CCCCCCCCS(=O)(=O)c1cc(-c2cccc3ccccc23)sc1-c1ccc(-c2cccc3ccccc23)s1. The normalized spacial score (nSPS) is 11.9. The van der Waals surface area contributed by atoms with Crippen LogP contribution >= 0.6 is 22.7 Å². The zero-order valence-electron chi connectivity index (χ0n) is 23.3. The van der Waals surface area contributed by atoms with Crippen LogP contribution in [0.25, 0.3) is 52.2 Å². The second-order valence-electron chi connectivity index (χ2n) is 10.6. The van der Waals surface area contributed by atoms with E-state index in [1.807, 2.05) is 18.2 Å². The van der Waals surface area contributed by atoms with Gasteiger partial charge in [0, 0.05) is 14.6 Å². The molecule has 5 heteroatoms. The molecule has 0 aliphatic rings. The van der Waals surface area contributed by atoms with Crippen molar-refractivity contribution in [2.75, 3.05) is 5.75 Å². The summed E-state index contributed by atoms with van der Waals surface area (Å²) in [6.07, 6.45) is 6.34. The summed E-state index contributed by atoms with van der Waals surface area (Å²) in [4.78, 5) is 4.49. The van der Waals surface area contributed by atoms with Gasteiger partial charge in [0.15, 0.2) is 9.84 Å². The highest BCUT2D eigenvalue weighted by Crippen LogP contribution is 2.47. The maximum absolute atomic E-state index is 13.9. The van der Waals surface area contributed by atoms with Crippen LogP contribution in [0.15, 0.2) is 108 Å². The summed E-state index contributed by atoms with van der Waals surface area (Å²) >= 11 is 3.28. The Labute approximate surface area is 251 Å². The predicted molar refractivity (Wildman–Crippen MR) is 179 cm³/mol. The molecule has 0 atom stereocenters. The second kappa shape index (κ2) is 12.3. The molecule has 2 heterocycles. The van der Waals surface area contributed by atoms with Crippen LogP contribution in [0.1, 0.15) is 45.4 Å². The molecule has 0 spiro atoms.